The molecule has 0 radical (unpaired) electrons. The van der Waals surface area contributed by atoms with Crippen LogP contribution in [0.3, 0.4) is 0 Å². The van der Waals surface area contributed by atoms with Gasteiger partial charge in [-0.3, -0.25) is 0 Å². The molecule has 0 saturated heterocycles. The van der Waals surface area contributed by atoms with Gasteiger partial charge in [-0.15, -0.1) is 0 Å². The molecule has 0 spiro atoms. The Bertz CT molecular complexity index is 287. The fourth-order valence-electron chi connectivity index (χ4n) is 1.54. The van der Waals surface area contributed by atoms with Crippen molar-refractivity contribution >= 4 is 0 Å². The molecule has 0 aliphatic heterocycles. The first kappa shape index (κ1) is 12.3. The van der Waals surface area contributed by atoms with Crippen LogP contribution in [0.1, 0.15) is 44.9 Å². The van der Waals surface area contributed by atoms with Crippen LogP contribution >= 0.6 is 0 Å². The van der Waals surface area contributed by atoms with Gasteiger partial charge >= 0.3 is 0 Å². The summed E-state index contributed by atoms with van der Waals surface area (Å²) in [6.07, 6.45) is 0. The lowest BCUT2D eigenvalue weighted by atomic mass is 10.0. The molecule has 2 atom stereocenters. The van der Waals surface area contributed by atoms with Crippen molar-refractivity contribution in [1.29, 1.82) is 0 Å². The third kappa shape index (κ3) is 3.67. The van der Waals surface area contributed by atoms with Crippen molar-refractivity contribution in [2.24, 2.45) is 5.92 Å². The van der Waals surface area contributed by atoms with Crippen LogP contribution in [0.15, 0.2) is 24.3 Å². The van der Waals surface area contributed by atoms with Crippen LogP contribution in [0.25, 0.3) is 0 Å². The van der Waals surface area contributed by atoms with Crippen LogP contribution in [0, 0.1) is 12.8 Å². The Morgan fingerprint density at radius 3 is 1.93 bits per heavy atom. The van der Waals surface area contributed by atoms with E-state index >= 15 is 0 Å². The summed E-state index contributed by atoms with van der Waals surface area (Å²) in [6, 6.07) is 9.76. The fourth-order valence-corrected chi connectivity index (χ4v) is 1.54. The molecule has 0 aliphatic rings. The predicted octanol–water partition coefficient (Wildman–Crippen LogP) is 3.69. The van der Waals surface area contributed by atoms with Crippen molar-refractivity contribution in [2.75, 3.05) is 0 Å². The average Bonchev–Trinajstić information content (AvgIpc) is 2.18. The highest BCUT2D eigenvalue weighted by Crippen LogP contribution is 2.15. The highest BCUT2D eigenvalue weighted by atomic mass is 14.9. The molecule has 1 unspecified atom stereocenters. The van der Waals surface area contributed by atoms with E-state index in [1.54, 1.807) is 0 Å². The van der Waals surface area contributed by atoms with E-state index in [4.69, 9.17) is 0 Å². The van der Waals surface area contributed by atoms with Gasteiger partial charge in [0.15, 0.2) is 0 Å². The summed E-state index contributed by atoms with van der Waals surface area (Å²) in [4.78, 5) is 0. The zero-order chi connectivity index (χ0) is 11.4. The van der Waals surface area contributed by atoms with Crippen LogP contribution in [0.5, 0.6) is 0 Å². The normalized spacial score (nSPS) is 15.3. The predicted molar refractivity (Wildman–Crippen MR) is 67.0 cm³/mol. The summed E-state index contributed by atoms with van der Waals surface area (Å²) in [5, 5.41) is 3.62. The minimum Gasteiger partial charge on any atom is -0.307 e. The minimum absolute atomic E-state index is 0.433. The first-order chi connectivity index (χ1) is 7.00. The summed E-state index contributed by atoms with van der Waals surface area (Å²) in [6.45, 7) is 11.1. The molecule has 1 nitrogen and oxygen atoms in total. The standard InChI is InChI=1S/C14H23N/c1-10(2)12(4)15-13(5)14-8-6-11(3)7-9-14/h6-10,12-13,15H,1-5H3/t12?,13-/m1/s1. The second-order valence-corrected chi connectivity index (χ2v) is 4.83. The molecule has 1 aromatic rings. The molecule has 0 aromatic heterocycles. The van der Waals surface area contributed by atoms with Gasteiger partial charge in [0, 0.05) is 12.1 Å². The number of benzene rings is 1. The zero-order valence-corrected chi connectivity index (χ0v) is 10.5. The van der Waals surface area contributed by atoms with Gasteiger partial charge in [-0.25, -0.2) is 0 Å². The first-order valence-electron chi connectivity index (χ1n) is 5.83. The van der Waals surface area contributed by atoms with Gasteiger partial charge in [-0.05, 0) is 32.3 Å². The second-order valence-electron chi connectivity index (χ2n) is 4.83. The number of rotatable bonds is 4. The number of nitrogens with one attached hydrogen (secondary N) is 1. The molecule has 1 heteroatoms. The molecular formula is C14H23N. The molecule has 1 N–H and O–H groups in total. The maximum Gasteiger partial charge on any atom is 0.0294 e. The summed E-state index contributed by atoms with van der Waals surface area (Å²) in [5.41, 5.74) is 2.69. The van der Waals surface area contributed by atoms with Crippen molar-refractivity contribution < 1.29 is 0 Å². The van der Waals surface area contributed by atoms with Crippen LogP contribution in [-0.2, 0) is 0 Å². The third-order valence-corrected chi connectivity index (χ3v) is 3.09. The summed E-state index contributed by atoms with van der Waals surface area (Å²) in [5.74, 6) is 0.679. The topological polar surface area (TPSA) is 12.0 Å². The number of aryl methyl sites for hydroxylation is 1. The Morgan fingerprint density at radius 2 is 1.47 bits per heavy atom. The molecule has 0 heterocycles. The number of hydrogen-bond donors (Lipinski definition) is 1. The molecule has 1 aromatic carbocycles. The molecule has 0 bridgehead atoms. The quantitative estimate of drug-likeness (QED) is 0.790. The molecule has 0 saturated carbocycles. The van der Waals surface area contributed by atoms with E-state index in [1.807, 2.05) is 0 Å². The monoisotopic (exact) mass is 205 g/mol. The van der Waals surface area contributed by atoms with Gasteiger partial charge in [-0.1, -0.05) is 43.7 Å². The van der Waals surface area contributed by atoms with Gasteiger partial charge in [-0.2, -0.15) is 0 Å². The van der Waals surface area contributed by atoms with Crippen LogP contribution in [0.4, 0.5) is 0 Å². The summed E-state index contributed by atoms with van der Waals surface area (Å²) in [7, 11) is 0. The Hall–Kier alpha value is -0.820. The largest absolute Gasteiger partial charge is 0.307 e. The highest BCUT2D eigenvalue weighted by Gasteiger charge is 2.11. The lowest BCUT2D eigenvalue weighted by Crippen LogP contribution is -2.32. The molecular weight excluding hydrogens is 182 g/mol. The van der Waals surface area contributed by atoms with E-state index in [1.165, 1.54) is 11.1 Å². The van der Waals surface area contributed by atoms with Gasteiger partial charge in [0.05, 0.1) is 0 Å². The highest BCUT2D eigenvalue weighted by molar-refractivity contribution is 5.23. The van der Waals surface area contributed by atoms with Crippen LogP contribution in [-0.4, -0.2) is 6.04 Å². The van der Waals surface area contributed by atoms with E-state index in [-0.39, 0.29) is 0 Å². The number of hydrogen-bond acceptors (Lipinski definition) is 1. The Morgan fingerprint density at radius 1 is 0.933 bits per heavy atom. The van der Waals surface area contributed by atoms with Crippen molar-refractivity contribution in [3.05, 3.63) is 35.4 Å². The van der Waals surface area contributed by atoms with Gasteiger partial charge in [0.2, 0.25) is 0 Å². The molecule has 84 valence electrons. The van der Waals surface area contributed by atoms with E-state index in [0.717, 1.165) is 0 Å². The lowest BCUT2D eigenvalue weighted by molar-refractivity contribution is 0.389. The van der Waals surface area contributed by atoms with E-state index in [9.17, 15) is 0 Å². The third-order valence-electron chi connectivity index (χ3n) is 3.09. The van der Waals surface area contributed by atoms with Gasteiger partial charge in [0.25, 0.3) is 0 Å². The maximum atomic E-state index is 3.62. The second kappa shape index (κ2) is 5.32. The lowest BCUT2D eigenvalue weighted by Gasteiger charge is -2.23. The molecule has 15 heavy (non-hydrogen) atoms. The zero-order valence-electron chi connectivity index (χ0n) is 10.5. The van der Waals surface area contributed by atoms with Crippen LogP contribution < -0.4 is 5.32 Å². The SMILES string of the molecule is Cc1ccc([C@@H](C)NC(C)C(C)C)cc1. The minimum atomic E-state index is 0.433. The van der Waals surface area contributed by atoms with Gasteiger partial charge < -0.3 is 5.32 Å². The summed E-state index contributed by atoms with van der Waals surface area (Å²) >= 11 is 0. The van der Waals surface area contributed by atoms with Crippen molar-refractivity contribution in [3.8, 4) is 0 Å². The molecule has 0 fully saturated rings. The van der Waals surface area contributed by atoms with Crippen molar-refractivity contribution in [3.63, 3.8) is 0 Å². The smallest absolute Gasteiger partial charge is 0.0294 e. The molecule has 0 amide bonds. The van der Waals surface area contributed by atoms with E-state index in [2.05, 4.69) is 64.2 Å². The Balaban J connectivity index is 2.61. The average molecular weight is 205 g/mol. The van der Waals surface area contributed by atoms with Crippen LogP contribution in [0.2, 0.25) is 0 Å². The summed E-state index contributed by atoms with van der Waals surface area (Å²) < 4.78 is 0. The molecule has 0 aliphatic carbocycles. The Labute approximate surface area is 93.9 Å². The van der Waals surface area contributed by atoms with Crippen molar-refractivity contribution in [2.45, 2.75) is 46.7 Å². The van der Waals surface area contributed by atoms with E-state index in [0.29, 0.717) is 18.0 Å². The molecule has 1 rings (SSSR count). The van der Waals surface area contributed by atoms with Gasteiger partial charge in [0.1, 0.15) is 0 Å². The fraction of sp³-hybridized carbons (Fsp3) is 0.571. The maximum absolute atomic E-state index is 3.62. The van der Waals surface area contributed by atoms with E-state index < -0.39 is 0 Å². The Kier molecular flexibility index (Phi) is 4.34. The first-order valence-corrected chi connectivity index (χ1v) is 5.83. The van der Waals surface area contributed by atoms with Crippen molar-refractivity contribution in [1.82, 2.24) is 5.32 Å².